The number of aromatic nitrogens is 1. The molecule has 0 aliphatic heterocycles. The van der Waals surface area contributed by atoms with Crippen molar-refractivity contribution in [2.24, 2.45) is 11.7 Å². The number of aromatic hydroxyl groups is 5. The third-order valence-electron chi connectivity index (χ3n) is 7.24. The maximum absolute atomic E-state index is 13.8. The Labute approximate surface area is 283 Å². The number of halogens is 1. The molecule has 0 aliphatic carbocycles. The van der Waals surface area contributed by atoms with Crippen LogP contribution in [0.4, 0.5) is 0 Å². The van der Waals surface area contributed by atoms with Crippen LogP contribution in [-0.4, -0.2) is 60.3 Å². The SMILES string of the molecule is CC(C)CC(N)C(=O)NC(=Cc1cc(O)c(O)c(O)c1)C(=O)NC(Cc1c[nH]c2cc(Br)ccc12)C(=O)NC=Cc1ccc(O)c(O)c1. The molecule has 252 valence electrons. The molecular weight excluding hydrogens is 686 g/mol. The van der Waals surface area contributed by atoms with E-state index in [1.54, 1.807) is 6.20 Å². The van der Waals surface area contributed by atoms with Crippen molar-refractivity contribution in [1.82, 2.24) is 20.9 Å². The molecule has 3 aromatic carbocycles. The molecule has 0 spiro atoms. The normalized spacial score (nSPS) is 13.1. The monoisotopic (exact) mass is 721 g/mol. The summed E-state index contributed by atoms with van der Waals surface area (Å²) in [6.45, 7) is 3.76. The summed E-state index contributed by atoms with van der Waals surface area (Å²) in [6.07, 6.45) is 5.99. The molecule has 2 atom stereocenters. The van der Waals surface area contributed by atoms with E-state index in [-0.39, 0.29) is 35.1 Å². The molecule has 2 unspecified atom stereocenters. The second-order valence-corrected chi connectivity index (χ2v) is 12.4. The summed E-state index contributed by atoms with van der Waals surface area (Å²) in [7, 11) is 0. The van der Waals surface area contributed by atoms with Crippen LogP contribution in [0.5, 0.6) is 28.7 Å². The predicted molar refractivity (Wildman–Crippen MR) is 184 cm³/mol. The summed E-state index contributed by atoms with van der Waals surface area (Å²) < 4.78 is 0.837. The highest BCUT2D eigenvalue weighted by atomic mass is 79.9. The van der Waals surface area contributed by atoms with Gasteiger partial charge in [0, 0.05) is 34.2 Å². The summed E-state index contributed by atoms with van der Waals surface area (Å²) in [5.41, 5.74) is 7.72. The van der Waals surface area contributed by atoms with Gasteiger partial charge in [0.15, 0.2) is 28.7 Å². The van der Waals surface area contributed by atoms with Crippen molar-refractivity contribution >= 4 is 56.7 Å². The summed E-state index contributed by atoms with van der Waals surface area (Å²) in [6, 6.07) is 9.62. The van der Waals surface area contributed by atoms with E-state index in [4.69, 9.17) is 5.73 Å². The zero-order chi connectivity index (χ0) is 35.1. The fourth-order valence-electron chi connectivity index (χ4n) is 4.83. The van der Waals surface area contributed by atoms with Gasteiger partial charge in [-0.25, -0.2) is 0 Å². The molecule has 0 aliphatic rings. The Bertz CT molecular complexity index is 1880. The molecule has 1 heterocycles. The summed E-state index contributed by atoms with van der Waals surface area (Å²) in [4.78, 5) is 43.5. The zero-order valence-corrected chi connectivity index (χ0v) is 27.6. The van der Waals surface area contributed by atoms with Crippen molar-refractivity contribution in [2.45, 2.75) is 38.8 Å². The van der Waals surface area contributed by atoms with E-state index in [2.05, 4.69) is 36.9 Å². The van der Waals surface area contributed by atoms with Gasteiger partial charge < -0.3 is 52.2 Å². The van der Waals surface area contributed by atoms with E-state index in [1.807, 2.05) is 32.0 Å². The number of carbonyl (C=O) groups is 3. The molecule has 0 saturated carbocycles. The lowest BCUT2D eigenvalue weighted by atomic mass is 10.0. The Morgan fingerprint density at radius 1 is 0.896 bits per heavy atom. The molecule has 4 rings (SSSR count). The van der Waals surface area contributed by atoms with Crippen LogP contribution in [0, 0.1) is 5.92 Å². The number of phenolic OH excluding ortho intramolecular Hbond substituents is 5. The topological polar surface area (TPSA) is 230 Å². The Hall–Kier alpha value is -5.47. The molecular formula is C34H36BrN5O8. The minimum Gasteiger partial charge on any atom is -0.504 e. The van der Waals surface area contributed by atoms with Crippen molar-refractivity contribution in [2.75, 3.05) is 0 Å². The average Bonchev–Trinajstić information content (AvgIpc) is 3.41. The predicted octanol–water partition coefficient (Wildman–Crippen LogP) is 3.80. The van der Waals surface area contributed by atoms with Crippen LogP contribution in [0.3, 0.4) is 0 Å². The number of hydrogen-bond donors (Lipinski definition) is 10. The fraction of sp³-hybridized carbons (Fsp3) is 0.206. The first-order chi connectivity index (χ1) is 22.7. The van der Waals surface area contributed by atoms with E-state index in [0.29, 0.717) is 17.5 Å². The summed E-state index contributed by atoms with van der Waals surface area (Å²) in [5, 5.41) is 57.7. The molecule has 48 heavy (non-hydrogen) atoms. The Balaban J connectivity index is 1.67. The maximum atomic E-state index is 13.8. The highest BCUT2D eigenvalue weighted by Gasteiger charge is 2.26. The van der Waals surface area contributed by atoms with E-state index in [0.717, 1.165) is 33.6 Å². The molecule has 3 amide bonds. The number of fused-ring (bicyclic) bond motifs is 1. The molecule has 11 N–H and O–H groups in total. The number of H-pyrrole nitrogens is 1. The van der Waals surface area contributed by atoms with Crippen LogP contribution in [0.15, 0.2) is 71.1 Å². The van der Waals surface area contributed by atoms with Crippen LogP contribution >= 0.6 is 15.9 Å². The Kier molecular flexibility index (Phi) is 11.4. The first-order valence-electron chi connectivity index (χ1n) is 14.8. The second-order valence-electron chi connectivity index (χ2n) is 11.5. The molecule has 0 saturated heterocycles. The quantitative estimate of drug-likeness (QED) is 0.0756. The third kappa shape index (κ3) is 9.08. The van der Waals surface area contributed by atoms with Crippen LogP contribution < -0.4 is 21.7 Å². The van der Waals surface area contributed by atoms with Crippen LogP contribution in [0.25, 0.3) is 23.1 Å². The van der Waals surface area contributed by atoms with Gasteiger partial charge in [-0.15, -0.1) is 0 Å². The van der Waals surface area contributed by atoms with Gasteiger partial charge in [-0.3, -0.25) is 14.4 Å². The van der Waals surface area contributed by atoms with Crippen LogP contribution in [-0.2, 0) is 20.8 Å². The van der Waals surface area contributed by atoms with Gasteiger partial charge in [0.25, 0.3) is 5.91 Å². The lowest BCUT2D eigenvalue weighted by Crippen LogP contribution is -2.50. The highest BCUT2D eigenvalue weighted by molar-refractivity contribution is 9.10. The van der Waals surface area contributed by atoms with Gasteiger partial charge in [0.1, 0.15) is 11.7 Å². The fourth-order valence-corrected chi connectivity index (χ4v) is 5.19. The Morgan fingerprint density at radius 2 is 1.58 bits per heavy atom. The van der Waals surface area contributed by atoms with Crippen molar-refractivity contribution in [3.63, 3.8) is 0 Å². The van der Waals surface area contributed by atoms with Crippen LogP contribution in [0.1, 0.15) is 37.0 Å². The van der Waals surface area contributed by atoms with Crippen LogP contribution in [0.2, 0.25) is 0 Å². The van der Waals surface area contributed by atoms with Crippen molar-refractivity contribution in [3.05, 3.63) is 87.8 Å². The summed E-state index contributed by atoms with van der Waals surface area (Å²) >= 11 is 3.43. The Morgan fingerprint density at radius 3 is 2.25 bits per heavy atom. The van der Waals surface area contributed by atoms with E-state index >= 15 is 0 Å². The van der Waals surface area contributed by atoms with Gasteiger partial charge in [-0.2, -0.15) is 0 Å². The molecule has 0 bridgehead atoms. The van der Waals surface area contributed by atoms with Gasteiger partial charge in [-0.05, 0) is 77.6 Å². The van der Waals surface area contributed by atoms with Gasteiger partial charge >= 0.3 is 0 Å². The lowest BCUT2D eigenvalue weighted by molar-refractivity contribution is -0.127. The third-order valence-corrected chi connectivity index (χ3v) is 7.74. The number of phenols is 5. The molecule has 4 aromatic rings. The first kappa shape index (κ1) is 35.4. The maximum Gasteiger partial charge on any atom is 0.268 e. The largest absolute Gasteiger partial charge is 0.504 e. The molecule has 14 heteroatoms. The highest BCUT2D eigenvalue weighted by Crippen LogP contribution is 2.36. The van der Waals surface area contributed by atoms with Crippen molar-refractivity contribution in [1.29, 1.82) is 0 Å². The number of rotatable bonds is 12. The summed E-state index contributed by atoms with van der Waals surface area (Å²) in [5.74, 6) is -4.87. The molecule has 13 nitrogen and oxygen atoms in total. The number of amides is 3. The second kappa shape index (κ2) is 15.4. The molecule has 1 aromatic heterocycles. The number of aromatic amines is 1. The molecule has 0 radical (unpaired) electrons. The van der Waals surface area contributed by atoms with Crippen molar-refractivity contribution < 1.29 is 39.9 Å². The standard InChI is InChI=1S/C34H36BrN5O8/c1-17(2)9-23(36)32(46)39-25(10-19-12-29(43)31(45)30(44)13-19)34(48)40-26(14-20-16-38-24-15-21(35)4-5-22(20)24)33(47)37-8-7-18-3-6-27(41)28(42)11-18/h3-8,10-13,15-17,23,26,38,41-45H,9,14,36H2,1-2H3,(H,37,47)(H,39,46)(H,40,48). The van der Waals surface area contributed by atoms with E-state index in [1.165, 1.54) is 30.5 Å². The first-order valence-corrected chi connectivity index (χ1v) is 15.6. The number of carbonyl (C=O) groups excluding carboxylic acids is 3. The zero-order valence-electron chi connectivity index (χ0n) is 26.0. The minimum atomic E-state index is -1.20. The lowest BCUT2D eigenvalue weighted by Gasteiger charge is -2.20. The van der Waals surface area contributed by atoms with E-state index in [9.17, 15) is 39.9 Å². The number of benzene rings is 3. The number of nitrogens with one attached hydrogen (secondary N) is 4. The van der Waals surface area contributed by atoms with Gasteiger partial charge in [0.05, 0.1) is 6.04 Å². The molecule has 0 fully saturated rings. The number of nitrogens with two attached hydrogens (primary N) is 1. The smallest absolute Gasteiger partial charge is 0.268 e. The van der Waals surface area contributed by atoms with E-state index < -0.39 is 47.1 Å². The average molecular weight is 723 g/mol. The number of hydrogen-bond acceptors (Lipinski definition) is 9. The minimum absolute atomic E-state index is 0.0158. The van der Waals surface area contributed by atoms with Gasteiger partial charge in [0.2, 0.25) is 11.8 Å². The van der Waals surface area contributed by atoms with Crippen molar-refractivity contribution in [3.8, 4) is 28.7 Å². The van der Waals surface area contributed by atoms with Gasteiger partial charge in [-0.1, -0.05) is 41.9 Å².